The van der Waals surface area contributed by atoms with Crippen molar-refractivity contribution in [2.75, 3.05) is 14.2 Å². The van der Waals surface area contributed by atoms with Gasteiger partial charge in [0.1, 0.15) is 5.75 Å². The van der Waals surface area contributed by atoms with E-state index in [4.69, 9.17) is 9.47 Å². The Morgan fingerprint density at radius 1 is 1.08 bits per heavy atom. The monoisotopic (exact) mass is 370 g/mol. The fraction of sp³-hybridized carbons (Fsp3) is 0.211. The normalized spacial score (nSPS) is 11.5. The van der Waals surface area contributed by atoms with E-state index in [-0.39, 0.29) is 18.3 Å². The molecule has 0 unspecified atom stereocenters. The van der Waals surface area contributed by atoms with Crippen molar-refractivity contribution in [1.29, 1.82) is 0 Å². The van der Waals surface area contributed by atoms with Crippen LogP contribution in [0.3, 0.4) is 0 Å². The van der Waals surface area contributed by atoms with Crippen LogP contribution in [0.4, 0.5) is 0 Å². The molecule has 1 heterocycles. The van der Waals surface area contributed by atoms with E-state index in [1.165, 1.54) is 18.4 Å². The number of esters is 1. The molecule has 0 atom stereocenters. The summed E-state index contributed by atoms with van der Waals surface area (Å²) in [7, 11) is 2.93. The van der Waals surface area contributed by atoms with Gasteiger partial charge in [0.05, 0.1) is 30.9 Å². The number of ether oxygens (including phenoxy) is 2. The van der Waals surface area contributed by atoms with Gasteiger partial charge in [-0.25, -0.2) is 0 Å². The smallest absolute Gasteiger partial charge is 0.307 e. The van der Waals surface area contributed by atoms with Gasteiger partial charge in [0.2, 0.25) is 0 Å². The highest BCUT2D eigenvalue weighted by Crippen LogP contribution is 2.18. The van der Waals surface area contributed by atoms with E-state index < -0.39 is 0 Å². The number of nitrogens with zero attached hydrogens (tertiary/aromatic N) is 2. The first-order valence-corrected chi connectivity index (χ1v) is 8.82. The molecule has 7 heteroatoms. The van der Waals surface area contributed by atoms with Gasteiger partial charge in [-0.1, -0.05) is 23.5 Å². The van der Waals surface area contributed by atoms with Crippen molar-refractivity contribution >= 4 is 33.4 Å². The lowest BCUT2D eigenvalue weighted by Crippen LogP contribution is -2.19. The topological polar surface area (TPSA) is 69.9 Å². The Kier molecular flexibility index (Phi) is 5.48. The van der Waals surface area contributed by atoms with Crippen LogP contribution in [0.2, 0.25) is 0 Å². The minimum Gasteiger partial charge on any atom is -0.497 e. The van der Waals surface area contributed by atoms with Crippen LogP contribution in [0.15, 0.2) is 53.5 Å². The van der Waals surface area contributed by atoms with Crippen LogP contribution in [0, 0.1) is 0 Å². The first-order valence-electron chi connectivity index (χ1n) is 8.00. The van der Waals surface area contributed by atoms with Crippen LogP contribution >= 0.6 is 11.3 Å². The molecule has 3 rings (SSSR count). The number of thiazole rings is 1. The number of carbonyl (C=O) groups is 2. The minimum absolute atomic E-state index is 0.209. The quantitative estimate of drug-likeness (QED) is 0.648. The number of benzene rings is 2. The van der Waals surface area contributed by atoms with Crippen LogP contribution in [-0.2, 0) is 16.1 Å². The molecule has 0 aliphatic rings. The number of hydrogen-bond acceptors (Lipinski definition) is 5. The lowest BCUT2D eigenvalue weighted by molar-refractivity contribution is -0.140. The maximum absolute atomic E-state index is 12.5. The van der Waals surface area contributed by atoms with Crippen LogP contribution < -0.4 is 9.54 Å². The molecule has 0 spiro atoms. The zero-order valence-electron chi connectivity index (χ0n) is 14.5. The summed E-state index contributed by atoms with van der Waals surface area (Å²) in [6.07, 6.45) is 0.209. The minimum atomic E-state index is -0.342. The molecule has 0 fully saturated rings. The first-order chi connectivity index (χ1) is 12.6. The molecule has 0 aliphatic carbocycles. The summed E-state index contributed by atoms with van der Waals surface area (Å²) in [4.78, 5) is 28.9. The summed E-state index contributed by atoms with van der Waals surface area (Å²) in [6, 6.07) is 14.5. The first kappa shape index (κ1) is 17.9. The van der Waals surface area contributed by atoms with Crippen molar-refractivity contribution in [1.82, 2.24) is 4.57 Å². The second kappa shape index (κ2) is 7.97. The second-order valence-corrected chi connectivity index (χ2v) is 6.48. The molecule has 6 nitrogen and oxygen atoms in total. The number of aryl methyl sites for hydroxylation is 1. The van der Waals surface area contributed by atoms with Gasteiger partial charge in [0.25, 0.3) is 5.91 Å². The second-order valence-electron chi connectivity index (χ2n) is 5.48. The molecular weight excluding hydrogens is 352 g/mol. The summed E-state index contributed by atoms with van der Waals surface area (Å²) >= 11 is 1.41. The number of amides is 1. The van der Waals surface area contributed by atoms with Crippen molar-refractivity contribution in [3.8, 4) is 5.75 Å². The molecule has 0 saturated carbocycles. The van der Waals surface area contributed by atoms with E-state index >= 15 is 0 Å². The molecule has 0 bridgehead atoms. The highest BCUT2D eigenvalue weighted by molar-refractivity contribution is 7.16. The number of para-hydroxylation sites is 1. The third kappa shape index (κ3) is 3.83. The molecular formula is C19H18N2O4S. The van der Waals surface area contributed by atoms with E-state index in [9.17, 15) is 9.59 Å². The fourth-order valence-electron chi connectivity index (χ4n) is 2.51. The summed E-state index contributed by atoms with van der Waals surface area (Å²) < 4.78 is 12.7. The van der Waals surface area contributed by atoms with Crippen molar-refractivity contribution in [2.24, 2.45) is 4.99 Å². The van der Waals surface area contributed by atoms with Gasteiger partial charge in [-0.2, -0.15) is 4.99 Å². The molecule has 3 aromatic rings. The molecule has 134 valence electrons. The van der Waals surface area contributed by atoms with Crippen molar-refractivity contribution < 1.29 is 19.1 Å². The van der Waals surface area contributed by atoms with Crippen molar-refractivity contribution in [3.63, 3.8) is 0 Å². The molecule has 0 N–H and O–H groups in total. The Labute approximate surface area is 154 Å². The zero-order chi connectivity index (χ0) is 18.5. The Morgan fingerprint density at radius 3 is 2.50 bits per heavy atom. The molecule has 1 aromatic heterocycles. The van der Waals surface area contributed by atoms with Gasteiger partial charge in [0, 0.05) is 12.1 Å². The lowest BCUT2D eigenvalue weighted by atomic mass is 10.2. The average Bonchev–Trinajstić information content (AvgIpc) is 3.03. The van der Waals surface area contributed by atoms with Crippen molar-refractivity contribution in [2.45, 2.75) is 13.0 Å². The van der Waals surface area contributed by atoms with E-state index in [1.807, 2.05) is 28.8 Å². The van der Waals surface area contributed by atoms with Gasteiger partial charge >= 0.3 is 5.97 Å². The Hall–Kier alpha value is -2.93. The average molecular weight is 370 g/mol. The molecule has 26 heavy (non-hydrogen) atoms. The Balaban J connectivity index is 2.00. The highest BCUT2D eigenvalue weighted by Gasteiger charge is 2.11. The summed E-state index contributed by atoms with van der Waals surface area (Å²) in [5.41, 5.74) is 1.41. The highest BCUT2D eigenvalue weighted by atomic mass is 32.1. The van der Waals surface area contributed by atoms with Crippen LogP contribution in [-0.4, -0.2) is 30.7 Å². The van der Waals surface area contributed by atoms with E-state index in [1.54, 1.807) is 31.4 Å². The lowest BCUT2D eigenvalue weighted by Gasteiger charge is -2.04. The fourth-order valence-corrected chi connectivity index (χ4v) is 3.57. The largest absolute Gasteiger partial charge is 0.497 e. The van der Waals surface area contributed by atoms with Crippen LogP contribution in [0.5, 0.6) is 5.75 Å². The predicted octanol–water partition coefficient (Wildman–Crippen LogP) is 3.02. The standard InChI is InChI=1S/C19H18N2O4S/c1-24-14-9-7-13(8-10-14)18(23)20-19-21(12-11-17(22)25-2)15-5-3-4-6-16(15)26-19/h3-10H,11-12H2,1-2H3. The molecule has 1 amide bonds. The predicted molar refractivity (Wildman–Crippen MR) is 99.3 cm³/mol. The number of fused-ring (bicyclic) bond motifs is 1. The van der Waals surface area contributed by atoms with E-state index in [2.05, 4.69) is 4.99 Å². The van der Waals surface area contributed by atoms with Crippen molar-refractivity contribution in [3.05, 3.63) is 58.9 Å². The summed E-state index contributed by atoms with van der Waals surface area (Å²) in [5.74, 6) is 0.0304. The summed E-state index contributed by atoms with van der Waals surface area (Å²) in [6.45, 7) is 0.394. The molecule has 0 saturated heterocycles. The third-order valence-corrected chi connectivity index (χ3v) is 4.95. The number of aromatic nitrogens is 1. The van der Waals surface area contributed by atoms with Gasteiger partial charge in [0.15, 0.2) is 4.80 Å². The Bertz CT molecular complexity index is 1000. The maximum Gasteiger partial charge on any atom is 0.307 e. The number of hydrogen-bond donors (Lipinski definition) is 0. The molecule has 0 aliphatic heterocycles. The van der Waals surface area contributed by atoms with E-state index in [0.29, 0.717) is 22.7 Å². The Morgan fingerprint density at radius 2 is 1.81 bits per heavy atom. The SMILES string of the molecule is COC(=O)CCn1c(=NC(=O)c2ccc(OC)cc2)sc2ccccc21. The van der Waals surface area contributed by atoms with Gasteiger partial charge < -0.3 is 14.0 Å². The van der Waals surface area contributed by atoms with Gasteiger partial charge in [-0.05, 0) is 36.4 Å². The number of carbonyl (C=O) groups excluding carboxylic acids is 2. The number of rotatable bonds is 5. The molecule has 2 aromatic carbocycles. The zero-order valence-corrected chi connectivity index (χ0v) is 15.3. The van der Waals surface area contributed by atoms with Crippen LogP contribution in [0.1, 0.15) is 16.8 Å². The van der Waals surface area contributed by atoms with Gasteiger partial charge in [-0.3, -0.25) is 9.59 Å². The maximum atomic E-state index is 12.5. The summed E-state index contributed by atoms with van der Waals surface area (Å²) in [5, 5.41) is 0. The van der Waals surface area contributed by atoms with Crippen LogP contribution in [0.25, 0.3) is 10.2 Å². The number of methoxy groups -OCH3 is 2. The van der Waals surface area contributed by atoms with E-state index in [0.717, 1.165) is 10.2 Å². The molecule has 0 radical (unpaired) electrons. The van der Waals surface area contributed by atoms with Gasteiger partial charge in [-0.15, -0.1) is 0 Å². The third-order valence-electron chi connectivity index (χ3n) is 3.89.